The van der Waals surface area contributed by atoms with Crippen LogP contribution in [0.2, 0.25) is 0 Å². The maximum absolute atomic E-state index is 11.7. The van der Waals surface area contributed by atoms with Crippen LogP contribution in [0.15, 0.2) is 22.0 Å². The Morgan fingerprint density at radius 3 is 2.88 bits per heavy atom. The van der Waals surface area contributed by atoms with Crippen molar-refractivity contribution in [1.29, 1.82) is 0 Å². The molecule has 5 nitrogen and oxygen atoms in total. The molecule has 0 saturated heterocycles. The van der Waals surface area contributed by atoms with E-state index < -0.39 is 16.0 Å². The van der Waals surface area contributed by atoms with Crippen LogP contribution < -0.4 is 4.72 Å². The Morgan fingerprint density at radius 2 is 2.25 bits per heavy atom. The third kappa shape index (κ3) is 1.60. The zero-order valence-electron chi connectivity index (χ0n) is 7.98. The van der Waals surface area contributed by atoms with Crippen LogP contribution in [0.1, 0.15) is 4.88 Å². The highest BCUT2D eigenvalue weighted by Gasteiger charge is 2.33. The number of rotatable bonds is 1. The highest BCUT2D eigenvalue weighted by molar-refractivity contribution is 7.90. The highest BCUT2D eigenvalue weighted by atomic mass is 35.5. The quantitative estimate of drug-likeness (QED) is 0.782. The molecule has 8 heteroatoms. The van der Waals surface area contributed by atoms with Crippen LogP contribution in [0.4, 0.5) is 0 Å². The minimum atomic E-state index is -3.72. The van der Waals surface area contributed by atoms with Crippen LogP contribution >= 0.6 is 22.9 Å². The van der Waals surface area contributed by atoms with Gasteiger partial charge >= 0.3 is 5.97 Å². The van der Waals surface area contributed by atoms with Gasteiger partial charge in [0.1, 0.15) is 4.90 Å². The summed E-state index contributed by atoms with van der Waals surface area (Å²) in [6.07, 6.45) is 0. The van der Waals surface area contributed by atoms with Gasteiger partial charge in [0.2, 0.25) is 0 Å². The van der Waals surface area contributed by atoms with E-state index in [9.17, 15) is 13.2 Å². The Hall–Kier alpha value is -1.05. The summed E-state index contributed by atoms with van der Waals surface area (Å²) in [5.41, 5.74) is -0.251. The van der Waals surface area contributed by atoms with E-state index in [2.05, 4.69) is 9.46 Å². The Labute approximate surface area is 101 Å². The number of halogens is 1. The molecular formula is C8H6ClNO4S2. The summed E-state index contributed by atoms with van der Waals surface area (Å²) in [7, 11) is -2.57. The summed E-state index contributed by atoms with van der Waals surface area (Å²) in [6.45, 7) is 0. The number of esters is 1. The fourth-order valence-corrected chi connectivity index (χ4v) is 4.17. The van der Waals surface area contributed by atoms with Gasteiger partial charge in [0, 0.05) is 0 Å². The molecule has 1 aromatic rings. The molecule has 1 aromatic heterocycles. The van der Waals surface area contributed by atoms with Crippen LogP contribution in [0.25, 0.3) is 5.03 Å². The SMILES string of the molecule is COC(=O)C1=C(Cl)c2sccc2S(=O)(=O)N1. The molecule has 1 aliphatic heterocycles. The summed E-state index contributed by atoms with van der Waals surface area (Å²) in [5.74, 6) is -0.812. The van der Waals surface area contributed by atoms with Gasteiger partial charge in [-0.15, -0.1) is 11.3 Å². The molecule has 0 aromatic carbocycles. The monoisotopic (exact) mass is 279 g/mol. The summed E-state index contributed by atoms with van der Waals surface area (Å²) >= 11 is 7.07. The Morgan fingerprint density at radius 1 is 1.56 bits per heavy atom. The van der Waals surface area contributed by atoms with Gasteiger partial charge in [-0.2, -0.15) is 0 Å². The van der Waals surface area contributed by atoms with Crippen molar-refractivity contribution >= 4 is 44.0 Å². The Bertz CT molecular complexity index is 587. The smallest absolute Gasteiger partial charge is 0.356 e. The molecule has 0 amide bonds. The number of nitrogens with one attached hydrogen (secondary N) is 1. The van der Waals surface area contributed by atoms with Crippen molar-refractivity contribution in [3.05, 3.63) is 22.0 Å². The van der Waals surface area contributed by atoms with Crippen LogP contribution in [-0.4, -0.2) is 21.5 Å². The van der Waals surface area contributed by atoms with Gasteiger partial charge in [-0.05, 0) is 11.4 Å². The van der Waals surface area contributed by atoms with Crippen molar-refractivity contribution in [1.82, 2.24) is 4.72 Å². The maximum atomic E-state index is 11.7. The summed E-state index contributed by atoms with van der Waals surface area (Å²) in [6, 6.07) is 1.43. The number of hydrogen-bond donors (Lipinski definition) is 1. The number of methoxy groups -OCH3 is 1. The first kappa shape index (κ1) is 11.4. The predicted molar refractivity (Wildman–Crippen MR) is 59.4 cm³/mol. The molecule has 16 heavy (non-hydrogen) atoms. The lowest BCUT2D eigenvalue weighted by molar-refractivity contribution is -0.136. The lowest BCUT2D eigenvalue weighted by atomic mass is 10.3. The molecule has 2 heterocycles. The standard InChI is InChI=1S/C8H6ClNO4S2/c1-14-8(11)6-5(9)7-4(2-3-15-7)16(12,13)10-6/h2-3,10H,1H3. The third-order valence-corrected chi connectivity index (χ3v) is 4.91. The topological polar surface area (TPSA) is 72.5 Å². The third-order valence-electron chi connectivity index (χ3n) is 1.96. The summed E-state index contributed by atoms with van der Waals surface area (Å²) in [5, 5.41) is 1.65. The van der Waals surface area contributed by atoms with Gasteiger partial charge < -0.3 is 4.74 Å². The lowest BCUT2D eigenvalue weighted by Gasteiger charge is -2.17. The fourth-order valence-electron chi connectivity index (χ4n) is 1.25. The van der Waals surface area contributed by atoms with E-state index >= 15 is 0 Å². The molecule has 0 atom stereocenters. The minimum Gasteiger partial charge on any atom is -0.464 e. The Balaban J connectivity index is 2.68. The van der Waals surface area contributed by atoms with E-state index in [1.807, 2.05) is 0 Å². The fraction of sp³-hybridized carbons (Fsp3) is 0.125. The van der Waals surface area contributed by atoms with E-state index in [4.69, 9.17) is 11.6 Å². The second-order valence-corrected chi connectivity index (χ2v) is 5.84. The van der Waals surface area contributed by atoms with E-state index in [1.165, 1.54) is 6.07 Å². The van der Waals surface area contributed by atoms with Crippen molar-refractivity contribution in [2.75, 3.05) is 7.11 Å². The lowest BCUT2D eigenvalue weighted by Crippen LogP contribution is -2.31. The Kier molecular flexibility index (Phi) is 2.69. The predicted octanol–water partition coefficient (Wildman–Crippen LogP) is 1.12. The molecule has 2 rings (SSSR count). The molecule has 1 N–H and O–H groups in total. The molecule has 0 fully saturated rings. The largest absolute Gasteiger partial charge is 0.464 e. The highest BCUT2D eigenvalue weighted by Crippen LogP contribution is 2.37. The van der Waals surface area contributed by atoms with Crippen molar-refractivity contribution in [3.8, 4) is 0 Å². The average Bonchev–Trinajstić information content (AvgIpc) is 2.72. The number of sulfonamides is 1. The molecule has 1 aliphatic rings. The van der Waals surface area contributed by atoms with E-state index in [0.717, 1.165) is 18.4 Å². The van der Waals surface area contributed by atoms with Gasteiger partial charge in [-0.1, -0.05) is 11.6 Å². The van der Waals surface area contributed by atoms with Gasteiger partial charge in [-0.3, -0.25) is 4.72 Å². The van der Waals surface area contributed by atoms with E-state index in [1.54, 1.807) is 5.38 Å². The van der Waals surface area contributed by atoms with Crippen molar-refractivity contribution < 1.29 is 17.9 Å². The van der Waals surface area contributed by atoms with Gasteiger partial charge in [-0.25, -0.2) is 13.2 Å². The molecule has 0 radical (unpaired) electrons. The number of carbonyl (C=O) groups excluding carboxylic acids is 1. The average molecular weight is 280 g/mol. The molecule has 86 valence electrons. The van der Waals surface area contributed by atoms with E-state index in [-0.39, 0.29) is 15.6 Å². The maximum Gasteiger partial charge on any atom is 0.356 e. The van der Waals surface area contributed by atoms with Crippen molar-refractivity contribution in [2.24, 2.45) is 0 Å². The van der Waals surface area contributed by atoms with Gasteiger partial charge in [0.15, 0.2) is 5.70 Å². The van der Waals surface area contributed by atoms with Crippen LogP contribution in [0, 0.1) is 0 Å². The zero-order valence-corrected chi connectivity index (χ0v) is 10.4. The molecule has 0 unspecified atom stereocenters. The van der Waals surface area contributed by atoms with Crippen LogP contribution in [-0.2, 0) is 19.6 Å². The van der Waals surface area contributed by atoms with Crippen molar-refractivity contribution in [3.63, 3.8) is 0 Å². The minimum absolute atomic E-state index is 0.0617. The number of carbonyl (C=O) groups is 1. The summed E-state index contributed by atoms with van der Waals surface area (Å²) in [4.78, 5) is 11.7. The first-order valence-electron chi connectivity index (χ1n) is 4.06. The molecule has 0 spiro atoms. The zero-order chi connectivity index (χ0) is 11.9. The van der Waals surface area contributed by atoms with E-state index in [0.29, 0.717) is 4.88 Å². The first-order valence-corrected chi connectivity index (χ1v) is 6.80. The number of thiophene rings is 1. The second-order valence-electron chi connectivity index (χ2n) is 2.90. The number of hydrogen-bond acceptors (Lipinski definition) is 5. The number of ether oxygens (including phenoxy) is 1. The van der Waals surface area contributed by atoms with Gasteiger partial charge in [0.05, 0.1) is 17.0 Å². The van der Waals surface area contributed by atoms with Crippen molar-refractivity contribution in [2.45, 2.75) is 4.90 Å². The van der Waals surface area contributed by atoms with Gasteiger partial charge in [0.25, 0.3) is 10.0 Å². The van der Waals surface area contributed by atoms with Crippen LogP contribution in [0.5, 0.6) is 0 Å². The molecule has 0 aliphatic carbocycles. The van der Waals surface area contributed by atoms with Crippen LogP contribution in [0.3, 0.4) is 0 Å². The second kappa shape index (κ2) is 3.76. The number of fused-ring (bicyclic) bond motifs is 1. The normalized spacial score (nSPS) is 17.6. The summed E-state index contributed by atoms with van der Waals surface area (Å²) < 4.78 is 29.9. The molecule has 0 bridgehead atoms. The molecule has 0 saturated carbocycles. The first-order chi connectivity index (χ1) is 7.47. The molecular weight excluding hydrogens is 274 g/mol.